The number of carbonyl (C=O) groups excluding carboxylic acids is 3. The van der Waals surface area contributed by atoms with Crippen molar-refractivity contribution in [2.75, 3.05) is 11.9 Å². The smallest absolute Gasteiger partial charge is 0.312 e. The van der Waals surface area contributed by atoms with Crippen LogP contribution >= 0.6 is 27.7 Å². The number of nitrogens with one attached hydrogen (secondary N) is 1. The monoisotopic (exact) mass is 505 g/mol. The van der Waals surface area contributed by atoms with Gasteiger partial charge in [0.2, 0.25) is 11.7 Å². The summed E-state index contributed by atoms with van der Waals surface area (Å²) in [7, 11) is 0. The third-order valence-corrected chi connectivity index (χ3v) is 6.04. The number of aromatic hydroxyl groups is 1. The summed E-state index contributed by atoms with van der Waals surface area (Å²) < 4.78 is 0.0694. The quantitative estimate of drug-likeness (QED) is 0.350. The molecule has 160 valence electrons. The molecule has 2 aromatic rings. The molecule has 31 heavy (non-hydrogen) atoms. The fourth-order valence-electron chi connectivity index (χ4n) is 2.78. The van der Waals surface area contributed by atoms with E-state index >= 15 is 0 Å². The Morgan fingerprint density at radius 1 is 1.26 bits per heavy atom. The summed E-state index contributed by atoms with van der Waals surface area (Å²) >= 11 is 3.65. The van der Waals surface area contributed by atoms with Gasteiger partial charge in [-0.2, -0.15) is 0 Å². The van der Waals surface area contributed by atoms with E-state index in [0.717, 1.165) is 22.1 Å². The number of nitrogens with zero attached hydrogens (tertiary/aromatic N) is 2. The maximum Gasteiger partial charge on any atom is 0.312 e. The van der Waals surface area contributed by atoms with Gasteiger partial charge in [-0.25, -0.2) is 0 Å². The van der Waals surface area contributed by atoms with Gasteiger partial charge in [0.15, 0.2) is 0 Å². The lowest BCUT2D eigenvalue weighted by molar-refractivity contribution is -0.386. The second kappa shape index (κ2) is 8.90. The van der Waals surface area contributed by atoms with Gasteiger partial charge in [-0.15, -0.1) is 0 Å². The van der Waals surface area contributed by atoms with Crippen molar-refractivity contribution < 1.29 is 24.4 Å². The first kappa shape index (κ1) is 22.5. The van der Waals surface area contributed by atoms with Gasteiger partial charge in [0.1, 0.15) is 6.54 Å². The minimum atomic E-state index is -0.764. The highest BCUT2D eigenvalue weighted by Crippen LogP contribution is 2.38. The van der Waals surface area contributed by atoms with Gasteiger partial charge in [-0.05, 0) is 82.5 Å². The molecule has 2 aromatic carbocycles. The van der Waals surface area contributed by atoms with E-state index in [1.165, 1.54) is 12.1 Å². The predicted octanol–water partition coefficient (Wildman–Crippen LogP) is 4.35. The van der Waals surface area contributed by atoms with Crippen LogP contribution in [-0.4, -0.2) is 38.5 Å². The highest BCUT2D eigenvalue weighted by molar-refractivity contribution is 9.10. The Morgan fingerprint density at radius 3 is 2.61 bits per heavy atom. The van der Waals surface area contributed by atoms with Crippen molar-refractivity contribution in [3.8, 4) is 5.75 Å². The Morgan fingerprint density at radius 2 is 1.97 bits per heavy atom. The average molecular weight is 506 g/mol. The standard InChI is InChI=1S/C20H16BrN3O6S/c1-10-3-4-13(5-11(10)2)22-17(25)9-23-19(27)16(31-20(23)28)8-12-6-14(21)18(26)15(7-12)24(29)30/h3-8,26H,9H2,1-2H3,(H,22,25)/b16-8+. The second-order valence-corrected chi connectivity index (χ2v) is 8.59. The summed E-state index contributed by atoms with van der Waals surface area (Å²) in [5, 5.41) is 22.8. The number of hydrogen-bond acceptors (Lipinski definition) is 7. The molecule has 1 fully saturated rings. The van der Waals surface area contributed by atoms with Crippen molar-refractivity contribution in [3.05, 3.63) is 66.5 Å². The Hall–Kier alpha value is -3.18. The Bertz CT molecular complexity index is 1160. The minimum Gasteiger partial charge on any atom is -0.501 e. The van der Waals surface area contributed by atoms with Gasteiger partial charge in [-0.1, -0.05) is 6.07 Å². The molecule has 1 aliphatic rings. The first-order valence-corrected chi connectivity index (χ1v) is 10.5. The van der Waals surface area contributed by atoms with E-state index in [-0.39, 0.29) is 14.9 Å². The third-order valence-electron chi connectivity index (χ3n) is 4.53. The second-order valence-electron chi connectivity index (χ2n) is 6.74. The molecule has 0 radical (unpaired) electrons. The summed E-state index contributed by atoms with van der Waals surface area (Å²) in [6.45, 7) is 3.38. The van der Waals surface area contributed by atoms with Crippen molar-refractivity contribution in [2.24, 2.45) is 0 Å². The number of carbonyl (C=O) groups is 3. The van der Waals surface area contributed by atoms with Crippen LogP contribution in [0.5, 0.6) is 5.75 Å². The van der Waals surface area contributed by atoms with Gasteiger partial charge >= 0.3 is 5.69 Å². The van der Waals surface area contributed by atoms with E-state index in [4.69, 9.17) is 0 Å². The summed E-state index contributed by atoms with van der Waals surface area (Å²) in [4.78, 5) is 48.3. The first-order valence-electron chi connectivity index (χ1n) is 8.86. The SMILES string of the molecule is Cc1ccc(NC(=O)CN2C(=O)S/C(=C/c3cc(Br)c(O)c([N+](=O)[O-])c3)C2=O)cc1C. The molecule has 3 rings (SSSR count). The number of amides is 3. The number of phenolic OH excluding ortho intramolecular Hbond substituents is 1. The summed E-state index contributed by atoms with van der Waals surface area (Å²) in [5.74, 6) is -1.76. The summed E-state index contributed by atoms with van der Waals surface area (Å²) in [6.07, 6.45) is 1.29. The molecule has 0 spiro atoms. The van der Waals surface area contributed by atoms with Crippen LogP contribution in [0.1, 0.15) is 16.7 Å². The van der Waals surface area contributed by atoms with Crippen LogP contribution < -0.4 is 5.32 Å². The van der Waals surface area contributed by atoms with E-state index in [0.29, 0.717) is 17.4 Å². The molecular formula is C20H16BrN3O6S. The number of aryl methyl sites for hydroxylation is 2. The molecule has 2 N–H and O–H groups in total. The van der Waals surface area contributed by atoms with Crippen molar-refractivity contribution in [1.82, 2.24) is 4.90 Å². The third kappa shape index (κ3) is 4.94. The highest BCUT2D eigenvalue weighted by Gasteiger charge is 2.36. The van der Waals surface area contributed by atoms with Crippen molar-refractivity contribution >= 4 is 62.2 Å². The van der Waals surface area contributed by atoms with Gasteiger partial charge < -0.3 is 10.4 Å². The average Bonchev–Trinajstić information content (AvgIpc) is 2.94. The summed E-state index contributed by atoms with van der Waals surface area (Å²) in [5.41, 5.74) is 2.29. The number of benzene rings is 2. The lowest BCUT2D eigenvalue weighted by atomic mass is 10.1. The van der Waals surface area contributed by atoms with Crippen molar-refractivity contribution in [3.63, 3.8) is 0 Å². The van der Waals surface area contributed by atoms with Gasteiger partial charge in [0.25, 0.3) is 11.1 Å². The highest BCUT2D eigenvalue weighted by atomic mass is 79.9. The lowest BCUT2D eigenvalue weighted by Crippen LogP contribution is -2.36. The van der Waals surface area contributed by atoms with Crippen LogP contribution in [0.3, 0.4) is 0 Å². The molecule has 9 nitrogen and oxygen atoms in total. The van der Waals surface area contributed by atoms with E-state index in [9.17, 15) is 29.6 Å². The number of rotatable bonds is 5. The molecule has 3 amide bonds. The van der Waals surface area contributed by atoms with Crippen molar-refractivity contribution in [2.45, 2.75) is 13.8 Å². The maximum absolute atomic E-state index is 12.6. The molecule has 1 saturated heterocycles. The molecule has 1 aliphatic heterocycles. The normalized spacial score (nSPS) is 14.9. The summed E-state index contributed by atoms with van der Waals surface area (Å²) in [6, 6.07) is 7.83. The lowest BCUT2D eigenvalue weighted by Gasteiger charge is -2.13. The van der Waals surface area contributed by atoms with Crippen LogP contribution in [0.25, 0.3) is 6.08 Å². The zero-order valence-corrected chi connectivity index (χ0v) is 18.7. The Kier molecular flexibility index (Phi) is 6.46. The van der Waals surface area contributed by atoms with E-state index in [1.807, 2.05) is 19.9 Å². The van der Waals surface area contributed by atoms with Crippen LogP contribution in [0.2, 0.25) is 0 Å². The minimum absolute atomic E-state index is 0.0101. The first-order chi connectivity index (χ1) is 14.6. The Balaban J connectivity index is 1.77. The van der Waals surface area contributed by atoms with Crippen LogP contribution in [0.4, 0.5) is 16.2 Å². The number of imide groups is 1. The number of nitro groups is 1. The fraction of sp³-hybridized carbons (Fsp3) is 0.150. The van der Waals surface area contributed by atoms with Gasteiger partial charge in [0, 0.05) is 11.8 Å². The van der Waals surface area contributed by atoms with Gasteiger partial charge in [-0.3, -0.25) is 29.4 Å². The van der Waals surface area contributed by atoms with Crippen LogP contribution in [0.15, 0.2) is 39.7 Å². The number of phenols is 1. The van der Waals surface area contributed by atoms with Crippen LogP contribution in [-0.2, 0) is 9.59 Å². The van der Waals surface area contributed by atoms with Gasteiger partial charge in [0.05, 0.1) is 14.3 Å². The van der Waals surface area contributed by atoms with Crippen LogP contribution in [0, 0.1) is 24.0 Å². The molecular weight excluding hydrogens is 490 g/mol. The molecule has 0 aromatic heterocycles. The number of nitro benzene ring substituents is 1. The number of hydrogen-bond donors (Lipinski definition) is 2. The topological polar surface area (TPSA) is 130 Å². The zero-order chi connectivity index (χ0) is 22.9. The Labute approximate surface area is 189 Å². The molecule has 0 aliphatic carbocycles. The molecule has 0 bridgehead atoms. The number of halogens is 1. The number of thioether (sulfide) groups is 1. The predicted molar refractivity (Wildman–Crippen MR) is 120 cm³/mol. The van der Waals surface area contributed by atoms with E-state index in [2.05, 4.69) is 21.2 Å². The molecule has 0 saturated carbocycles. The zero-order valence-electron chi connectivity index (χ0n) is 16.3. The van der Waals surface area contributed by atoms with E-state index < -0.39 is 40.0 Å². The largest absolute Gasteiger partial charge is 0.501 e. The van der Waals surface area contributed by atoms with E-state index in [1.54, 1.807) is 12.1 Å². The molecule has 0 unspecified atom stereocenters. The van der Waals surface area contributed by atoms with Crippen molar-refractivity contribution in [1.29, 1.82) is 0 Å². The number of anilines is 1. The fourth-order valence-corrected chi connectivity index (χ4v) is 4.08. The molecule has 0 atom stereocenters. The maximum atomic E-state index is 12.6. The molecule has 11 heteroatoms. The molecule has 1 heterocycles.